The molecule has 0 bridgehead atoms. The largest absolute Gasteiger partial charge is 0.476 e. The molecule has 0 saturated carbocycles. The minimum absolute atomic E-state index is 0.0551. The van der Waals surface area contributed by atoms with Crippen molar-refractivity contribution in [2.45, 2.75) is 6.54 Å². The fraction of sp³-hybridized carbons (Fsp3) is 0.0500. The van der Waals surface area contributed by atoms with Crippen LogP contribution in [0, 0.1) is 0 Å². The van der Waals surface area contributed by atoms with Crippen molar-refractivity contribution in [3.8, 4) is 28.0 Å². The van der Waals surface area contributed by atoms with Crippen molar-refractivity contribution < 1.29 is 14.1 Å². The maximum absolute atomic E-state index is 10.5. The fourth-order valence-corrected chi connectivity index (χ4v) is 3.50. The van der Waals surface area contributed by atoms with Crippen LogP contribution in [0.25, 0.3) is 22.0 Å². The summed E-state index contributed by atoms with van der Waals surface area (Å²) in [6.45, 7) is 0.627. The number of hydrogen-bond donors (Lipinski definition) is 1. The molecule has 3 nitrogen and oxygen atoms in total. The van der Waals surface area contributed by atoms with Gasteiger partial charge in [0.25, 0.3) is 5.69 Å². The van der Waals surface area contributed by atoms with Crippen LogP contribution in [0.5, 0.6) is 5.95 Å². The lowest BCUT2D eigenvalue weighted by Crippen LogP contribution is -2.36. The van der Waals surface area contributed by atoms with E-state index in [9.17, 15) is 5.11 Å². The van der Waals surface area contributed by atoms with Crippen molar-refractivity contribution >= 4 is 11.3 Å². The minimum atomic E-state index is -0.0551. The number of aromatic hydroxyl groups is 1. The van der Waals surface area contributed by atoms with Gasteiger partial charge in [-0.2, -0.15) is 0 Å². The zero-order chi connectivity index (χ0) is 16.4. The normalized spacial score (nSPS) is 10.8. The van der Waals surface area contributed by atoms with Crippen molar-refractivity contribution in [1.82, 2.24) is 0 Å². The van der Waals surface area contributed by atoms with Crippen molar-refractivity contribution in [2.24, 2.45) is 0 Å². The molecule has 0 aliphatic carbocycles. The Labute approximate surface area is 144 Å². The van der Waals surface area contributed by atoms with Crippen LogP contribution in [0.2, 0.25) is 0 Å². The highest BCUT2D eigenvalue weighted by atomic mass is 32.1. The Kier molecular flexibility index (Phi) is 3.89. The maximum Gasteiger partial charge on any atom is 0.394 e. The number of hydrogen-bond acceptors (Lipinski definition) is 3. The van der Waals surface area contributed by atoms with Gasteiger partial charge < -0.3 is 9.52 Å². The molecular weight excluding hydrogens is 318 g/mol. The minimum Gasteiger partial charge on any atom is -0.476 e. The van der Waals surface area contributed by atoms with E-state index in [2.05, 4.69) is 12.1 Å². The summed E-state index contributed by atoms with van der Waals surface area (Å²) in [6, 6.07) is 24.0. The first kappa shape index (κ1) is 14.7. The molecule has 2 heterocycles. The molecule has 4 rings (SSSR count). The number of aromatic nitrogens is 1. The van der Waals surface area contributed by atoms with Gasteiger partial charge in [0.15, 0.2) is 6.54 Å². The Balaban J connectivity index is 1.90. The first-order valence-electron chi connectivity index (χ1n) is 7.72. The summed E-state index contributed by atoms with van der Waals surface area (Å²) in [5.41, 5.74) is 2.78. The Morgan fingerprint density at radius 2 is 1.58 bits per heavy atom. The summed E-state index contributed by atoms with van der Waals surface area (Å²) in [5.74, 6) is 0.616. The molecule has 0 amide bonds. The number of thiophene rings is 1. The lowest BCUT2D eigenvalue weighted by atomic mass is 10.1. The SMILES string of the molecule is Oc1oc(-c2cccs2)[n+](Cc2ccccc2)c1-c1ccccc1. The number of benzene rings is 2. The average Bonchev–Trinajstić information content (AvgIpc) is 3.25. The third-order valence-corrected chi connectivity index (χ3v) is 4.73. The summed E-state index contributed by atoms with van der Waals surface area (Å²) < 4.78 is 7.78. The standard InChI is InChI=1S/C20H15NO2S/c22-20-18(16-10-5-2-6-11-16)21(14-15-8-3-1-4-9-15)19(23-20)17-12-7-13-24-17/h1-13H,14H2/p+1. The summed E-state index contributed by atoms with van der Waals surface area (Å²) in [6.07, 6.45) is 0. The Morgan fingerprint density at radius 3 is 2.25 bits per heavy atom. The van der Waals surface area contributed by atoms with Gasteiger partial charge in [0.2, 0.25) is 0 Å². The van der Waals surface area contributed by atoms with E-state index in [-0.39, 0.29) is 5.95 Å². The molecular formula is C20H16NO2S+. The van der Waals surface area contributed by atoms with E-state index < -0.39 is 0 Å². The van der Waals surface area contributed by atoms with Crippen LogP contribution in [-0.2, 0) is 6.54 Å². The molecule has 0 atom stereocenters. The van der Waals surface area contributed by atoms with Gasteiger partial charge in [-0.3, -0.25) is 0 Å². The van der Waals surface area contributed by atoms with Crippen LogP contribution in [0.3, 0.4) is 0 Å². The van der Waals surface area contributed by atoms with E-state index in [4.69, 9.17) is 4.42 Å². The molecule has 24 heavy (non-hydrogen) atoms. The van der Waals surface area contributed by atoms with Gasteiger partial charge in [-0.1, -0.05) is 54.6 Å². The summed E-state index contributed by atoms with van der Waals surface area (Å²) in [7, 11) is 0. The van der Waals surface area contributed by atoms with Crippen LogP contribution >= 0.6 is 11.3 Å². The third-order valence-electron chi connectivity index (χ3n) is 3.87. The Hall–Kier alpha value is -2.85. The van der Waals surface area contributed by atoms with Crippen LogP contribution in [0.4, 0.5) is 0 Å². The van der Waals surface area contributed by atoms with Crippen LogP contribution in [0.1, 0.15) is 5.56 Å². The third kappa shape index (κ3) is 2.72. The highest BCUT2D eigenvalue weighted by Gasteiger charge is 2.31. The lowest BCUT2D eigenvalue weighted by Gasteiger charge is -2.00. The van der Waals surface area contributed by atoms with Gasteiger partial charge in [-0.25, -0.2) is 0 Å². The van der Waals surface area contributed by atoms with Crippen molar-refractivity contribution in [1.29, 1.82) is 0 Å². The van der Waals surface area contributed by atoms with E-state index in [0.29, 0.717) is 18.1 Å². The summed E-state index contributed by atoms with van der Waals surface area (Å²) in [5, 5.41) is 12.5. The predicted molar refractivity (Wildman–Crippen MR) is 94.9 cm³/mol. The molecule has 0 unspecified atom stereocenters. The van der Waals surface area contributed by atoms with Crippen molar-refractivity contribution in [3.05, 3.63) is 83.7 Å². The fourth-order valence-electron chi connectivity index (χ4n) is 2.79. The van der Waals surface area contributed by atoms with Gasteiger partial charge >= 0.3 is 11.8 Å². The molecule has 4 aromatic rings. The molecule has 4 heteroatoms. The van der Waals surface area contributed by atoms with Crippen molar-refractivity contribution in [2.75, 3.05) is 0 Å². The van der Waals surface area contributed by atoms with Gasteiger partial charge in [-0.15, -0.1) is 15.9 Å². The maximum atomic E-state index is 10.5. The van der Waals surface area contributed by atoms with Gasteiger partial charge in [0.1, 0.15) is 4.88 Å². The topological polar surface area (TPSA) is 37.3 Å². The van der Waals surface area contributed by atoms with E-state index >= 15 is 0 Å². The lowest BCUT2D eigenvalue weighted by molar-refractivity contribution is -0.669. The van der Waals surface area contributed by atoms with E-state index in [1.54, 1.807) is 11.3 Å². The molecule has 118 valence electrons. The van der Waals surface area contributed by atoms with E-state index in [1.807, 2.05) is 70.6 Å². The quantitative estimate of drug-likeness (QED) is 0.549. The highest BCUT2D eigenvalue weighted by molar-refractivity contribution is 7.13. The van der Waals surface area contributed by atoms with Crippen LogP contribution < -0.4 is 4.57 Å². The van der Waals surface area contributed by atoms with E-state index in [1.165, 1.54) is 0 Å². The molecule has 0 aliphatic rings. The van der Waals surface area contributed by atoms with Crippen LogP contribution in [0.15, 0.2) is 82.6 Å². The molecule has 0 saturated heterocycles. The smallest absolute Gasteiger partial charge is 0.394 e. The van der Waals surface area contributed by atoms with Gasteiger partial charge in [0.05, 0.1) is 5.56 Å². The second-order valence-corrected chi connectivity index (χ2v) is 6.42. The van der Waals surface area contributed by atoms with E-state index in [0.717, 1.165) is 16.0 Å². The summed E-state index contributed by atoms with van der Waals surface area (Å²) in [4.78, 5) is 0.989. The monoisotopic (exact) mass is 334 g/mol. The second-order valence-electron chi connectivity index (χ2n) is 5.48. The first-order valence-corrected chi connectivity index (χ1v) is 8.60. The first-order chi connectivity index (χ1) is 11.8. The molecule has 2 aromatic heterocycles. The molecule has 2 aromatic carbocycles. The van der Waals surface area contributed by atoms with Crippen LogP contribution in [-0.4, -0.2) is 5.11 Å². The molecule has 0 fully saturated rings. The predicted octanol–water partition coefficient (Wildman–Crippen LogP) is 4.72. The Bertz CT molecular complexity index is 929. The zero-order valence-electron chi connectivity index (χ0n) is 12.9. The average molecular weight is 334 g/mol. The number of oxazole rings is 1. The number of rotatable bonds is 4. The van der Waals surface area contributed by atoms with Gasteiger partial charge in [-0.05, 0) is 23.6 Å². The Morgan fingerprint density at radius 1 is 0.875 bits per heavy atom. The molecule has 0 aliphatic heterocycles. The zero-order valence-corrected chi connectivity index (χ0v) is 13.7. The highest BCUT2D eigenvalue weighted by Crippen LogP contribution is 2.33. The van der Waals surface area contributed by atoms with Gasteiger partial charge in [0, 0.05) is 5.56 Å². The molecule has 0 spiro atoms. The van der Waals surface area contributed by atoms with Crippen molar-refractivity contribution in [3.63, 3.8) is 0 Å². The second kappa shape index (κ2) is 6.34. The summed E-state index contributed by atoms with van der Waals surface area (Å²) >= 11 is 1.59. The molecule has 1 N–H and O–H groups in total. The number of nitrogens with zero attached hydrogens (tertiary/aromatic N) is 1. The molecule has 0 radical (unpaired) electrons.